The standard InChI is InChI=1S/C24H23F3N4O2/c1-31-13-19(12-29-31)22-8-9-28-11-17(22)4-7-23(32)30-20-5-6-21(16-2-3-16)18(10-20)14-33-15-24(25,26)27/h4-13,16H,2-3,14-15H2,1H3,(H,30,32). The fourth-order valence-electron chi connectivity index (χ4n) is 3.59. The summed E-state index contributed by atoms with van der Waals surface area (Å²) >= 11 is 0. The minimum atomic E-state index is -4.38. The molecular formula is C24H23F3N4O2. The number of alkyl halides is 3. The number of anilines is 1. The summed E-state index contributed by atoms with van der Waals surface area (Å²) in [7, 11) is 1.82. The van der Waals surface area contributed by atoms with E-state index in [2.05, 4.69) is 15.4 Å². The van der Waals surface area contributed by atoms with E-state index in [4.69, 9.17) is 4.74 Å². The summed E-state index contributed by atoms with van der Waals surface area (Å²) in [5.74, 6) is -0.0204. The van der Waals surface area contributed by atoms with Crippen molar-refractivity contribution in [3.63, 3.8) is 0 Å². The smallest absolute Gasteiger partial charge is 0.367 e. The van der Waals surface area contributed by atoms with Crippen LogP contribution in [0.3, 0.4) is 0 Å². The molecule has 1 aliphatic carbocycles. The monoisotopic (exact) mass is 456 g/mol. The van der Waals surface area contributed by atoms with E-state index < -0.39 is 12.8 Å². The molecule has 0 spiro atoms. The number of ether oxygens (including phenoxy) is 1. The van der Waals surface area contributed by atoms with Gasteiger partial charge in [-0.15, -0.1) is 0 Å². The van der Waals surface area contributed by atoms with Crippen LogP contribution in [0.4, 0.5) is 18.9 Å². The number of aromatic nitrogens is 3. The highest BCUT2D eigenvalue weighted by Gasteiger charge is 2.29. The molecule has 6 nitrogen and oxygen atoms in total. The minimum Gasteiger partial charge on any atom is -0.367 e. The molecule has 33 heavy (non-hydrogen) atoms. The topological polar surface area (TPSA) is 69.0 Å². The Hall–Kier alpha value is -3.46. The van der Waals surface area contributed by atoms with Gasteiger partial charge in [0, 0.05) is 48.5 Å². The SMILES string of the molecule is Cn1cc(-c2ccncc2C=CC(=O)Nc2ccc(C3CC3)c(COCC(F)(F)F)c2)cn1. The molecule has 4 rings (SSSR count). The zero-order valence-electron chi connectivity index (χ0n) is 18.0. The lowest BCUT2D eigenvalue weighted by atomic mass is 10.0. The zero-order chi connectivity index (χ0) is 23.4. The first-order chi connectivity index (χ1) is 15.8. The van der Waals surface area contributed by atoms with Crippen molar-refractivity contribution in [2.45, 2.75) is 31.5 Å². The molecule has 1 fully saturated rings. The van der Waals surface area contributed by atoms with Gasteiger partial charge in [0.05, 0.1) is 12.8 Å². The van der Waals surface area contributed by atoms with E-state index in [1.165, 1.54) is 6.08 Å². The molecule has 1 aromatic carbocycles. The molecule has 0 bridgehead atoms. The second-order valence-corrected chi connectivity index (χ2v) is 7.98. The van der Waals surface area contributed by atoms with Crippen LogP contribution in [0.2, 0.25) is 0 Å². The van der Waals surface area contributed by atoms with Crippen molar-refractivity contribution in [3.8, 4) is 11.1 Å². The van der Waals surface area contributed by atoms with E-state index in [1.54, 1.807) is 41.5 Å². The molecule has 0 unspecified atom stereocenters. The van der Waals surface area contributed by atoms with Crippen molar-refractivity contribution >= 4 is 17.7 Å². The lowest BCUT2D eigenvalue weighted by Gasteiger charge is -2.13. The molecule has 2 heterocycles. The predicted octanol–water partition coefficient (Wildman–Crippen LogP) is 5.09. The molecule has 0 atom stereocenters. The van der Waals surface area contributed by atoms with Gasteiger partial charge in [0.25, 0.3) is 0 Å². The van der Waals surface area contributed by atoms with Crippen LogP contribution in [0.25, 0.3) is 17.2 Å². The molecular weight excluding hydrogens is 433 g/mol. The van der Waals surface area contributed by atoms with E-state index >= 15 is 0 Å². The number of aryl methyl sites for hydroxylation is 1. The highest BCUT2D eigenvalue weighted by Crippen LogP contribution is 2.42. The number of amides is 1. The van der Waals surface area contributed by atoms with Crippen LogP contribution in [0, 0.1) is 0 Å². The summed E-state index contributed by atoms with van der Waals surface area (Å²) in [6.45, 7) is -1.46. The molecule has 3 aromatic rings. The molecule has 0 aliphatic heterocycles. The third-order valence-corrected chi connectivity index (χ3v) is 5.23. The first kappa shape index (κ1) is 22.7. The fraction of sp³-hybridized carbons (Fsp3) is 0.292. The Bertz CT molecular complexity index is 1170. The fourth-order valence-corrected chi connectivity index (χ4v) is 3.59. The van der Waals surface area contributed by atoms with Crippen molar-refractivity contribution in [1.29, 1.82) is 0 Å². The third kappa shape index (κ3) is 6.29. The molecule has 1 aliphatic rings. The molecule has 1 saturated carbocycles. The minimum absolute atomic E-state index is 0.158. The van der Waals surface area contributed by atoms with Crippen LogP contribution in [0.5, 0.6) is 0 Å². The van der Waals surface area contributed by atoms with Crippen LogP contribution in [0.1, 0.15) is 35.4 Å². The van der Waals surface area contributed by atoms with E-state index in [1.807, 2.05) is 25.4 Å². The van der Waals surface area contributed by atoms with E-state index in [0.717, 1.165) is 35.1 Å². The number of hydrogen-bond donors (Lipinski definition) is 1. The van der Waals surface area contributed by atoms with Crippen LogP contribution >= 0.6 is 0 Å². The van der Waals surface area contributed by atoms with Gasteiger partial charge in [-0.3, -0.25) is 14.5 Å². The Kier molecular flexibility index (Phi) is 6.60. The lowest BCUT2D eigenvalue weighted by molar-refractivity contribution is -0.176. The van der Waals surface area contributed by atoms with Crippen molar-refractivity contribution < 1.29 is 22.7 Å². The number of nitrogens with zero attached hydrogens (tertiary/aromatic N) is 3. The van der Waals surface area contributed by atoms with Gasteiger partial charge in [-0.05, 0) is 59.7 Å². The third-order valence-electron chi connectivity index (χ3n) is 5.23. The summed E-state index contributed by atoms with van der Waals surface area (Å²) in [6, 6.07) is 7.14. The first-order valence-electron chi connectivity index (χ1n) is 10.5. The van der Waals surface area contributed by atoms with E-state index in [9.17, 15) is 18.0 Å². The van der Waals surface area contributed by atoms with Gasteiger partial charge in [-0.1, -0.05) is 6.07 Å². The first-order valence-corrected chi connectivity index (χ1v) is 10.5. The normalized spacial score (nSPS) is 14.1. The quantitative estimate of drug-likeness (QED) is 0.480. The Labute approximate surface area is 189 Å². The Morgan fingerprint density at radius 1 is 1.27 bits per heavy atom. The molecule has 2 aromatic heterocycles. The summed E-state index contributed by atoms with van der Waals surface area (Å²) < 4.78 is 43.9. The number of carbonyl (C=O) groups is 1. The maximum atomic E-state index is 12.5. The van der Waals surface area contributed by atoms with Crippen LogP contribution in [0.15, 0.2) is 55.1 Å². The van der Waals surface area contributed by atoms with Gasteiger partial charge in [0.1, 0.15) is 6.61 Å². The number of rotatable bonds is 8. The van der Waals surface area contributed by atoms with Crippen LogP contribution in [-0.2, 0) is 23.2 Å². The second-order valence-electron chi connectivity index (χ2n) is 7.98. The Morgan fingerprint density at radius 3 is 2.79 bits per heavy atom. The molecule has 172 valence electrons. The van der Waals surface area contributed by atoms with E-state index in [0.29, 0.717) is 17.2 Å². The highest BCUT2D eigenvalue weighted by molar-refractivity contribution is 6.02. The van der Waals surface area contributed by atoms with Gasteiger partial charge in [-0.2, -0.15) is 18.3 Å². The summed E-state index contributed by atoms with van der Waals surface area (Å²) in [4.78, 5) is 16.6. The molecule has 1 amide bonds. The predicted molar refractivity (Wildman–Crippen MR) is 118 cm³/mol. The summed E-state index contributed by atoms with van der Waals surface area (Å²) in [5.41, 5.74) is 4.68. The van der Waals surface area contributed by atoms with Crippen molar-refractivity contribution in [2.75, 3.05) is 11.9 Å². The summed E-state index contributed by atoms with van der Waals surface area (Å²) in [5, 5.41) is 6.94. The molecule has 0 saturated heterocycles. The van der Waals surface area contributed by atoms with Gasteiger partial charge in [0.15, 0.2) is 0 Å². The Balaban J connectivity index is 1.45. The second kappa shape index (κ2) is 9.58. The van der Waals surface area contributed by atoms with Gasteiger partial charge < -0.3 is 10.1 Å². The average Bonchev–Trinajstić information content (AvgIpc) is 3.52. The number of benzene rings is 1. The number of nitrogens with one attached hydrogen (secondary N) is 1. The maximum Gasteiger partial charge on any atom is 0.411 e. The largest absolute Gasteiger partial charge is 0.411 e. The van der Waals surface area contributed by atoms with Crippen molar-refractivity contribution in [3.05, 3.63) is 71.8 Å². The molecule has 1 N–H and O–H groups in total. The number of halogens is 3. The lowest BCUT2D eigenvalue weighted by Crippen LogP contribution is -2.17. The number of carbonyl (C=O) groups excluding carboxylic acids is 1. The van der Waals surface area contributed by atoms with Gasteiger partial charge >= 0.3 is 6.18 Å². The highest BCUT2D eigenvalue weighted by atomic mass is 19.4. The van der Waals surface area contributed by atoms with Gasteiger partial charge in [-0.25, -0.2) is 0 Å². The van der Waals surface area contributed by atoms with Crippen molar-refractivity contribution in [1.82, 2.24) is 14.8 Å². The van der Waals surface area contributed by atoms with E-state index in [-0.39, 0.29) is 12.5 Å². The van der Waals surface area contributed by atoms with Crippen LogP contribution < -0.4 is 5.32 Å². The average molecular weight is 456 g/mol. The van der Waals surface area contributed by atoms with Crippen molar-refractivity contribution in [2.24, 2.45) is 7.05 Å². The summed E-state index contributed by atoms with van der Waals surface area (Å²) in [6.07, 6.45) is 7.62. The molecule has 9 heteroatoms. The Morgan fingerprint density at radius 2 is 2.09 bits per heavy atom. The number of pyridine rings is 1. The van der Waals surface area contributed by atoms with Crippen LogP contribution in [-0.4, -0.2) is 33.5 Å². The maximum absolute atomic E-state index is 12.5. The van der Waals surface area contributed by atoms with Gasteiger partial charge in [0.2, 0.25) is 5.91 Å². The zero-order valence-corrected chi connectivity index (χ0v) is 18.0. The molecule has 0 radical (unpaired) electrons. The number of hydrogen-bond acceptors (Lipinski definition) is 4.